The Morgan fingerprint density at radius 1 is 0.906 bits per heavy atom. The second-order valence-corrected chi connectivity index (χ2v) is 11.1. The van der Waals surface area contributed by atoms with Crippen molar-refractivity contribution in [2.45, 2.75) is 25.2 Å². The van der Waals surface area contributed by atoms with E-state index in [0.29, 0.717) is 52.1 Å². The molecule has 2 atom stereocenters. The van der Waals surface area contributed by atoms with Gasteiger partial charge in [0.2, 0.25) is 28.6 Å². The van der Waals surface area contributed by atoms with E-state index in [0.717, 1.165) is 23.5 Å². The summed E-state index contributed by atoms with van der Waals surface area (Å²) in [7, 11) is -3.20. The fourth-order valence-corrected chi connectivity index (χ4v) is 5.93. The molecule has 1 aliphatic carbocycles. The van der Waals surface area contributed by atoms with Crippen molar-refractivity contribution in [3.8, 4) is 11.5 Å². The molecule has 3 aliphatic heterocycles. The predicted molar refractivity (Wildman–Crippen MR) is 116 cm³/mol. The summed E-state index contributed by atoms with van der Waals surface area (Å²) < 4.78 is 35.6. The molecule has 174 valence electrons. The lowest BCUT2D eigenvalue weighted by molar-refractivity contribution is -0.143. The number of rotatable bonds is 4. The minimum absolute atomic E-state index is 0.00190. The highest BCUT2D eigenvalue weighted by molar-refractivity contribution is 7.88. The van der Waals surface area contributed by atoms with E-state index < -0.39 is 10.0 Å². The molecule has 3 heterocycles. The molecule has 5 rings (SSSR count). The number of fused-ring (bicyclic) bond motifs is 1. The number of hydrogen-bond donors (Lipinski definition) is 0. The maximum Gasteiger partial charge on any atom is 0.231 e. The van der Waals surface area contributed by atoms with Crippen molar-refractivity contribution < 1.29 is 27.5 Å². The van der Waals surface area contributed by atoms with E-state index in [2.05, 4.69) is 0 Å². The summed E-state index contributed by atoms with van der Waals surface area (Å²) in [5.41, 5.74) is 1.11. The van der Waals surface area contributed by atoms with Gasteiger partial charge in [-0.05, 0) is 42.9 Å². The third kappa shape index (κ3) is 4.17. The van der Waals surface area contributed by atoms with Gasteiger partial charge in [-0.3, -0.25) is 9.59 Å². The van der Waals surface area contributed by atoms with Crippen LogP contribution in [0.4, 0.5) is 0 Å². The third-order valence-corrected chi connectivity index (χ3v) is 8.41. The highest BCUT2D eigenvalue weighted by Crippen LogP contribution is 2.50. The fraction of sp³-hybridized carbons (Fsp3) is 0.636. The van der Waals surface area contributed by atoms with Crippen LogP contribution >= 0.6 is 0 Å². The zero-order valence-corrected chi connectivity index (χ0v) is 19.1. The first-order valence-electron chi connectivity index (χ1n) is 11.2. The van der Waals surface area contributed by atoms with E-state index in [1.165, 1.54) is 10.6 Å². The Balaban J connectivity index is 1.10. The van der Waals surface area contributed by atoms with Crippen LogP contribution in [0.1, 0.15) is 30.7 Å². The molecular formula is C22H29N3O6S. The Bertz CT molecular complexity index is 1010. The van der Waals surface area contributed by atoms with Gasteiger partial charge in [0.1, 0.15) is 0 Å². The summed E-state index contributed by atoms with van der Waals surface area (Å²) in [6.07, 6.45) is 3.17. The van der Waals surface area contributed by atoms with E-state index >= 15 is 0 Å². The van der Waals surface area contributed by atoms with E-state index in [1.54, 1.807) is 0 Å². The van der Waals surface area contributed by atoms with E-state index in [-0.39, 0.29) is 36.4 Å². The van der Waals surface area contributed by atoms with Gasteiger partial charge in [0.05, 0.1) is 6.26 Å². The van der Waals surface area contributed by atoms with Crippen molar-refractivity contribution in [2.24, 2.45) is 11.8 Å². The number of carbonyl (C=O) groups is 2. The number of ether oxygens (including phenoxy) is 2. The number of hydrogen-bond acceptors (Lipinski definition) is 6. The van der Waals surface area contributed by atoms with E-state index in [9.17, 15) is 18.0 Å². The molecule has 1 aromatic carbocycles. The molecule has 0 unspecified atom stereocenters. The van der Waals surface area contributed by atoms with Crippen molar-refractivity contribution in [1.29, 1.82) is 0 Å². The summed E-state index contributed by atoms with van der Waals surface area (Å²) in [4.78, 5) is 29.6. The molecule has 3 fully saturated rings. The molecular weight excluding hydrogens is 434 g/mol. The monoisotopic (exact) mass is 463 g/mol. The molecule has 4 aliphatic rings. The first kappa shape index (κ1) is 21.5. The van der Waals surface area contributed by atoms with Crippen LogP contribution in [0.2, 0.25) is 0 Å². The molecule has 9 nitrogen and oxygen atoms in total. The lowest BCUT2D eigenvalue weighted by Gasteiger charge is -2.38. The summed E-state index contributed by atoms with van der Waals surface area (Å²) in [6, 6.07) is 5.89. The summed E-state index contributed by atoms with van der Waals surface area (Å²) in [5, 5.41) is 0. The van der Waals surface area contributed by atoms with Gasteiger partial charge in [0.25, 0.3) is 0 Å². The van der Waals surface area contributed by atoms with Gasteiger partial charge in [0.15, 0.2) is 11.5 Å². The van der Waals surface area contributed by atoms with Gasteiger partial charge in [-0.1, -0.05) is 6.07 Å². The summed E-state index contributed by atoms with van der Waals surface area (Å²) in [6.45, 7) is 3.23. The largest absolute Gasteiger partial charge is 0.454 e. The number of sulfonamides is 1. The number of nitrogens with zero attached hydrogens (tertiary/aromatic N) is 3. The Morgan fingerprint density at radius 3 is 2.19 bits per heavy atom. The Morgan fingerprint density at radius 2 is 1.53 bits per heavy atom. The van der Waals surface area contributed by atoms with Crippen LogP contribution in [-0.2, 0) is 19.6 Å². The quantitative estimate of drug-likeness (QED) is 0.657. The normalized spacial score (nSPS) is 26.3. The highest BCUT2D eigenvalue weighted by atomic mass is 32.2. The molecule has 10 heteroatoms. The first-order valence-corrected chi connectivity index (χ1v) is 13.1. The van der Waals surface area contributed by atoms with Gasteiger partial charge in [-0.25, -0.2) is 12.7 Å². The van der Waals surface area contributed by atoms with E-state index in [4.69, 9.17) is 9.47 Å². The average Bonchev–Trinajstić information content (AvgIpc) is 3.46. The van der Waals surface area contributed by atoms with Crippen LogP contribution in [0.25, 0.3) is 0 Å². The minimum Gasteiger partial charge on any atom is -0.454 e. The molecule has 0 N–H and O–H groups in total. The van der Waals surface area contributed by atoms with Crippen molar-refractivity contribution >= 4 is 21.8 Å². The van der Waals surface area contributed by atoms with Crippen LogP contribution in [0.15, 0.2) is 18.2 Å². The maximum atomic E-state index is 13.0. The standard InChI is InChI=1S/C22H29N3O6S/c1-32(28,29)25-6-4-15(5-7-25)21(26)23-8-10-24(11-9-23)22(27)18-13-17(18)16-2-3-19-20(12-16)31-14-30-19/h2-3,12,15,17-18H,4-11,13-14H2,1H3/t17-,18+/m0/s1. The van der Waals surface area contributed by atoms with Crippen molar-refractivity contribution in [3.05, 3.63) is 23.8 Å². The Labute approximate surface area is 188 Å². The van der Waals surface area contributed by atoms with Crippen LogP contribution in [-0.4, -0.2) is 86.7 Å². The SMILES string of the molecule is CS(=O)(=O)N1CCC(C(=O)N2CCN(C(=O)[C@@H]3C[C@H]3c3ccc4c(c3)OCO4)CC2)CC1. The van der Waals surface area contributed by atoms with Crippen LogP contribution in [0.3, 0.4) is 0 Å². The zero-order chi connectivity index (χ0) is 22.5. The predicted octanol–water partition coefficient (Wildman–Crippen LogP) is 0.861. The molecule has 0 aromatic heterocycles. The Hall–Kier alpha value is -2.33. The molecule has 32 heavy (non-hydrogen) atoms. The molecule has 2 amide bonds. The molecule has 1 aromatic rings. The summed E-state index contributed by atoms with van der Waals surface area (Å²) in [5.74, 6) is 1.84. The topological polar surface area (TPSA) is 96.5 Å². The second-order valence-electron chi connectivity index (χ2n) is 9.15. The average molecular weight is 464 g/mol. The van der Waals surface area contributed by atoms with Crippen molar-refractivity contribution in [1.82, 2.24) is 14.1 Å². The molecule has 1 saturated carbocycles. The zero-order valence-electron chi connectivity index (χ0n) is 18.2. The summed E-state index contributed by atoms with van der Waals surface area (Å²) >= 11 is 0. The van der Waals surface area contributed by atoms with Crippen molar-refractivity contribution in [3.63, 3.8) is 0 Å². The van der Waals surface area contributed by atoms with Gasteiger partial charge in [0, 0.05) is 51.1 Å². The highest BCUT2D eigenvalue weighted by Gasteiger charge is 2.46. The lowest BCUT2D eigenvalue weighted by Crippen LogP contribution is -2.53. The molecule has 0 bridgehead atoms. The molecule has 0 spiro atoms. The van der Waals surface area contributed by atoms with Gasteiger partial charge < -0.3 is 19.3 Å². The molecule has 2 saturated heterocycles. The van der Waals surface area contributed by atoms with Gasteiger partial charge >= 0.3 is 0 Å². The fourth-order valence-electron chi connectivity index (χ4n) is 5.05. The number of piperazine rings is 1. The van der Waals surface area contributed by atoms with Crippen LogP contribution in [0, 0.1) is 11.8 Å². The van der Waals surface area contributed by atoms with Gasteiger partial charge in [-0.15, -0.1) is 0 Å². The maximum absolute atomic E-state index is 13.0. The van der Waals surface area contributed by atoms with E-state index in [1.807, 2.05) is 28.0 Å². The Kier molecular flexibility index (Phi) is 5.53. The minimum atomic E-state index is -3.20. The number of piperidine rings is 1. The third-order valence-electron chi connectivity index (χ3n) is 7.11. The van der Waals surface area contributed by atoms with Crippen LogP contribution in [0.5, 0.6) is 11.5 Å². The van der Waals surface area contributed by atoms with Crippen molar-refractivity contribution in [2.75, 3.05) is 52.3 Å². The van der Waals surface area contributed by atoms with Crippen LogP contribution < -0.4 is 9.47 Å². The second kappa shape index (κ2) is 8.22. The number of carbonyl (C=O) groups excluding carboxylic acids is 2. The number of benzene rings is 1. The molecule has 0 radical (unpaired) electrons. The number of amides is 2. The first-order chi connectivity index (χ1) is 15.3. The lowest BCUT2D eigenvalue weighted by atomic mass is 9.96. The smallest absolute Gasteiger partial charge is 0.231 e. The van der Waals surface area contributed by atoms with Gasteiger partial charge in [-0.2, -0.15) is 0 Å².